The maximum Gasteiger partial charge on any atom is 0.323 e. The van der Waals surface area contributed by atoms with Gasteiger partial charge in [0, 0.05) is 6.20 Å². The highest BCUT2D eigenvalue weighted by molar-refractivity contribution is 5.87. The number of para-hydroxylation sites is 2. The SMILES string of the molecule is CCOc1ccccc1OCNC(=O)Nc1ccccn1. The lowest BCUT2D eigenvalue weighted by Crippen LogP contribution is -2.32. The van der Waals surface area contributed by atoms with Gasteiger partial charge in [-0.25, -0.2) is 9.78 Å². The fourth-order valence-corrected chi connectivity index (χ4v) is 1.62. The van der Waals surface area contributed by atoms with E-state index in [1.54, 1.807) is 30.5 Å². The first-order chi connectivity index (χ1) is 10.3. The van der Waals surface area contributed by atoms with Gasteiger partial charge < -0.3 is 14.8 Å². The van der Waals surface area contributed by atoms with Crippen molar-refractivity contribution >= 4 is 11.8 Å². The Morgan fingerprint density at radius 2 is 1.81 bits per heavy atom. The van der Waals surface area contributed by atoms with Crippen LogP contribution < -0.4 is 20.1 Å². The molecule has 0 fully saturated rings. The van der Waals surface area contributed by atoms with Gasteiger partial charge in [0.05, 0.1) is 6.61 Å². The smallest absolute Gasteiger partial charge is 0.323 e. The zero-order valence-electron chi connectivity index (χ0n) is 11.7. The van der Waals surface area contributed by atoms with E-state index in [9.17, 15) is 4.79 Å². The van der Waals surface area contributed by atoms with Crippen LogP contribution in [0, 0.1) is 0 Å². The molecule has 0 bridgehead atoms. The third kappa shape index (κ3) is 4.68. The molecule has 0 radical (unpaired) electrons. The summed E-state index contributed by atoms with van der Waals surface area (Å²) in [7, 11) is 0. The molecule has 110 valence electrons. The summed E-state index contributed by atoms with van der Waals surface area (Å²) < 4.78 is 10.9. The summed E-state index contributed by atoms with van der Waals surface area (Å²) >= 11 is 0. The molecule has 0 spiro atoms. The summed E-state index contributed by atoms with van der Waals surface area (Å²) in [5, 5.41) is 5.18. The molecule has 2 N–H and O–H groups in total. The van der Waals surface area contributed by atoms with E-state index in [0.717, 1.165) is 0 Å². The number of benzene rings is 1. The number of rotatable bonds is 6. The summed E-state index contributed by atoms with van der Waals surface area (Å²) in [4.78, 5) is 15.6. The Hall–Kier alpha value is -2.76. The lowest BCUT2D eigenvalue weighted by atomic mass is 10.3. The van der Waals surface area contributed by atoms with Crippen molar-refractivity contribution in [2.45, 2.75) is 6.92 Å². The van der Waals surface area contributed by atoms with Gasteiger partial charge in [0.15, 0.2) is 18.2 Å². The van der Waals surface area contributed by atoms with Crippen molar-refractivity contribution in [1.82, 2.24) is 10.3 Å². The van der Waals surface area contributed by atoms with E-state index in [4.69, 9.17) is 9.47 Å². The number of pyridine rings is 1. The van der Waals surface area contributed by atoms with Gasteiger partial charge in [-0.05, 0) is 31.2 Å². The number of ether oxygens (including phenoxy) is 2. The topological polar surface area (TPSA) is 72.5 Å². The van der Waals surface area contributed by atoms with Crippen molar-refractivity contribution < 1.29 is 14.3 Å². The molecule has 0 saturated heterocycles. The van der Waals surface area contributed by atoms with Crippen LogP contribution in [0.15, 0.2) is 48.7 Å². The first-order valence-electron chi connectivity index (χ1n) is 6.60. The average Bonchev–Trinajstić information content (AvgIpc) is 2.50. The maximum atomic E-state index is 11.6. The van der Waals surface area contributed by atoms with Crippen molar-refractivity contribution in [1.29, 1.82) is 0 Å². The normalized spacial score (nSPS) is 9.76. The number of aromatic nitrogens is 1. The molecule has 6 nitrogen and oxygen atoms in total. The second-order valence-corrected chi connectivity index (χ2v) is 4.01. The number of nitrogens with one attached hydrogen (secondary N) is 2. The number of nitrogens with zero attached hydrogens (tertiary/aromatic N) is 1. The predicted octanol–water partition coefficient (Wildman–Crippen LogP) is 2.64. The Kier molecular flexibility index (Phi) is 5.40. The Bertz CT molecular complexity index is 575. The highest BCUT2D eigenvalue weighted by Crippen LogP contribution is 2.25. The molecule has 1 heterocycles. The van der Waals surface area contributed by atoms with Crippen molar-refractivity contribution in [3.8, 4) is 11.5 Å². The van der Waals surface area contributed by atoms with Gasteiger partial charge in [0.2, 0.25) is 0 Å². The Morgan fingerprint density at radius 3 is 2.48 bits per heavy atom. The van der Waals surface area contributed by atoms with E-state index in [1.807, 2.05) is 25.1 Å². The maximum absolute atomic E-state index is 11.6. The second kappa shape index (κ2) is 7.74. The van der Waals surface area contributed by atoms with Crippen molar-refractivity contribution in [3.05, 3.63) is 48.7 Å². The summed E-state index contributed by atoms with van der Waals surface area (Å²) in [6.45, 7) is 2.48. The highest BCUT2D eigenvalue weighted by Gasteiger charge is 2.05. The molecule has 2 aromatic rings. The molecule has 0 atom stereocenters. The number of hydrogen-bond donors (Lipinski definition) is 2. The molecular formula is C15H17N3O3. The average molecular weight is 287 g/mol. The lowest BCUT2D eigenvalue weighted by molar-refractivity contribution is 0.229. The molecule has 6 heteroatoms. The van der Waals surface area contributed by atoms with Crippen molar-refractivity contribution in [2.24, 2.45) is 0 Å². The minimum atomic E-state index is -0.386. The van der Waals surface area contributed by atoms with E-state index in [-0.39, 0.29) is 12.8 Å². The van der Waals surface area contributed by atoms with Crippen LogP contribution in [-0.4, -0.2) is 24.4 Å². The van der Waals surface area contributed by atoms with E-state index < -0.39 is 0 Å². The standard InChI is InChI=1S/C15H17N3O3/c1-2-20-12-7-3-4-8-13(12)21-11-17-15(19)18-14-9-5-6-10-16-14/h3-10H,2,11H2,1H3,(H2,16,17,18,19). The summed E-state index contributed by atoms with van der Waals surface area (Å²) in [6, 6.07) is 12.2. The van der Waals surface area contributed by atoms with Crippen molar-refractivity contribution in [3.63, 3.8) is 0 Å². The Balaban J connectivity index is 1.80. The molecule has 1 aromatic heterocycles. The first-order valence-corrected chi connectivity index (χ1v) is 6.60. The van der Waals surface area contributed by atoms with E-state index >= 15 is 0 Å². The molecule has 21 heavy (non-hydrogen) atoms. The third-order valence-corrected chi connectivity index (χ3v) is 2.52. The van der Waals surface area contributed by atoms with Gasteiger partial charge in [-0.15, -0.1) is 0 Å². The summed E-state index contributed by atoms with van der Waals surface area (Å²) in [6.07, 6.45) is 1.60. The van der Waals surface area contributed by atoms with Crippen LogP contribution in [0.2, 0.25) is 0 Å². The number of carbonyl (C=O) groups excluding carboxylic acids is 1. The minimum Gasteiger partial charge on any atom is -0.490 e. The number of hydrogen-bond acceptors (Lipinski definition) is 4. The molecule has 0 unspecified atom stereocenters. The molecule has 0 aliphatic rings. The van der Waals surface area contributed by atoms with Crippen LogP contribution in [0.5, 0.6) is 11.5 Å². The van der Waals surface area contributed by atoms with Crippen LogP contribution in [0.25, 0.3) is 0 Å². The second-order valence-electron chi connectivity index (χ2n) is 4.01. The molecule has 1 aromatic carbocycles. The number of amides is 2. The summed E-state index contributed by atoms with van der Waals surface area (Å²) in [5.41, 5.74) is 0. The lowest BCUT2D eigenvalue weighted by Gasteiger charge is -2.12. The fraction of sp³-hybridized carbons (Fsp3) is 0.200. The van der Waals surface area contributed by atoms with Crippen LogP contribution in [-0.2, 0) is 0 Å². The molecule has 0 aliphatic carbocycles. The number of anilines is 1. The van der Waals surface area contributed by atoms with Crippen LogP contribution in [0.1, 0.15) is 6.92 Å². The highest BCUT2D eigenvalue weighted by atomic mass is 16.5. The molecular weight excluding hydrogens is 270 g/mol. The first kappa shape index (κ1) is 14.6. The molecule has 2 rings (SSSR count). The zero-order valence-corrected chi connectivity index (χ0v) is 11.7. The van der Waals surface area contributed by atoms with Gasteiger partial charge in [0.1, 0.15) is 5.82 Å². The largest absolute Gasteiger partial charge is 0.490 e. The quantitative estimate of drug-likeness (QED) is 0.801. The Morgan fingerprint density at radius 1 is 1.10 bits per heavy atom. The third-order valence-electron chi connectivity index (χ3n) is 2.52. The summed E-state index contributed by atoms with van der Waals surface area (Å²) in [5.74, 6) is 1.70. The predicted molar refractivity (Wildman–Crippen MR) is 79.5 cm³/mol. The van der Waals surface area contributed by atoms with Gasteiger partial charge in [-0.2, -0.15) is 0 Å². The molecule has 2 amide bonds. The van der Waals surface area contributed by atoms with Crippen LogP contribution in [0.3, 0.4) is 0 Å². The van der Waals surface area contributed by atoms with E-state index in [2.05, 4.69) is 15.6 Å². The van der Waals surface area contributed by atoms with E-state index in [1.165, 1.54) is 0 Å². The fourth-order valence-electron chi connectivity index (χ4n) is 1.62. The zero-order chi connectivity index (χ0) is 14.9. The van der Waals surface area contributed by atoms with Gasteiger partial charge in [-0.1, -0.05) is 18.2 Å². The minimum absolute atomic E-state index is 0.0305. The van der Waals surface area contributed by atoms with Crippen LogP contribution >= 0.6 is 0 Å². The van der Waals surface area contributed by atoms with Crippen LogP contribution in [0.4, 0.5) is 10.6 Å². The van der Waals surface area contributed by atoms with Gasteiger partial charge >= 0.3 is 6.03 Å². The van der Waals surface area contributed by atoms with Gasteiger partial charge in [0.25, 0.3) is 0 Å². The molecule has 0 aliphatic heterocycles. The Labute approximate surface area is 123 Å². The van der Waals surface area contributed by atoms with Gasteiger partial charge in [-0.3, -0.25) is 5.32 Å². The number of carbonyl (C=O) groups is 1. The monoisotopic (exact) mass is 287 g/mol. The molecule has 0 saturated carbocycles. The number of urea groups is 1. The van der Waals surface area contributed by atoms with E-state index in [0.29, 0.717) is 23.9 Å². The van der Waals surface area contributed by atoms with Crippen molar-refractivity contribution in [2.75, 3.05) is 18.7 Å².